The van der Waals surface area contributed by atoms with Gasteiger partial charge >= 0.3 is 0 Å². The first kappa shape index (κ1) is 11.9. The van der Waals surface area contributed by atoms with Crippen LogP contribution in [-0.4, -0.2) is 55.0 Å². The second kappa shape index (κ2) is 5.66. The molecule has 0 amide bonds. The van der Waals surface area contributed by atoms with E-state index in [0.29, 0.717) is 18.6 Å². The maximum absolute atomic E-state index is 8.74. The van der Waals surface area contributed by atoms with Crippen LogP contribution in [0.5, 0.6) is 0 Å². The average molecular weight is 202 g/mol. The molecule has 0 radical (unpaired) electrons. The standard InChI is InChI=1S/C10H22N2O2/c1-8-10(4-6-14-8)12(2)7-9(11)3-5-13/h8-10,13H,3-7,11H2,1-2H3. The highest BCUT2D eigenvalue weighted by atomic mass is 16.5. The molecule has 1 rings (SSSR count). The summed E-state index contributed by atoms with van der Waals surface area (Å²) in [6.07, 6.45) is 2.07. The lowest BCUT2D eigenvalue weighted by Crippen LogP contribution is -2.44. The predicted molar refractivity (Wildman–Crippen MR) is 56.1 cm³/mol. The molecule has 0 aromatic carbocycles. The first-order chi connectivity index (χ1) is 6.65. The van der Waals surface area contributed by atoms with E-state index in [2.05, 4.69) is 18.9 Å². The molecule has 4 heteroatoms. The van der Waals surface area contributed by atoms with E-state index < -0.39 is 0 Å². The molecule has 84 valence electrons. The van der Waals surface area contributed by atoms with E-state index in [-0.39, 0.29) is 12.6 Å². The lowest BCUT2D eigenvalue weighted by atomic mass is 10.1. The molecule has 3 atom stereocenters. The van der Waals surface area contributed by atoms with Gasteiger partial charge in [0, 0.05) is 31.8 Å². The summed E-state index contributed by atoms with van der Waals surface area (Å²) in [5.74, 6) is 0. The highest BCUT2D eigenvalue weighted by molar-refractivity contribution is 4.82. The lowest BCUT2D eigenvalue weighted by Gasteiger charge is -2.28. The van der Waals surface area contributed by atoms with Crippen LogP contribution in [-0.2, 0) is 4.74 Å². The molecule has 1 fully saturated rings. The van der Waals surface area contributed by atoms with Gasteiger partial charge in [0.2, 0.25) is 0 Å². The molecule has 3 N–H and O–H groups in total. The molecule has 1 saturated heterocycles. The third-order valence-electron chi connectivity index (χ3n) is 2.92. The van der Waals surface area contributed by atoms with E-state index in [0.717, 1.165) is 19.6 Å². The third kappa shape index (κ3) is 3.20. The van der Waals surface area contributed by atoms with E-state index >= 15 is 0 Å². The molecule has 4 nitrogen and oxygen atoms in total. The summed E-state index contributed by atoms with van der Waals surface area (Å²) < 4.78 is 5.50. The number of hydrogen-bond donors (Lipinski definition) is 2. The molecule has 1 aliphatic rings. The summed E-state index contributed by atoms with van der Waals surface area (Å²) in [5, 5.41) is 8.74. The summed E-state index contributed by atoms with van der Waals surface area (Å²) in [6.45, 7) is 3.96. The van der Waals surface area contributed by atoms with Gasteiger partial charge < -0.3 is 15.6 Å². The monoisotopic (exact) mass is 202 g/mol. The molecule has 0 aliphatic carbocycles. The van der Waals surface area contributed by atoms with E-state index in [1.165, 1.54) is 0 Å². The predicted octanol–water partition coefficient (Wildman–Crippen LogP) is -0.195. The van der Waals surface area contributed by atoms with Crippen molar-refractivity contribution in [2.75, 3.05) is 26.8 Å². The fourth-order valence-corrected chi connectivity index (χ4v) is 2.06. The van der Waals surface area contributed by atoms with Gasteiger partial charge in [0.25, 0.3) is 0 Å². The Morgan fingerprint density at radius 1 is 1.64 bits per heavy atom. The van der Waals surface area contributed by atoms with Gasteiger partial charge in [0.05, 0.1) is 6.10 Å². The Morgan fingerprint density at radius 3 is 2.86 bits per heavy atom. The van der Waals surface area contributed by atoms with E-state index in [9.17, 15) is 0 Å². The van der Waals surface area contributed by atoms with Crippen LogP contribution in [0.2, 0.25) is 0 Å². The zero-order valence-corrected chi connectivity index (χ0v) is 9.15. The fourth-order valence-electron chi connectivity index (χ4n) is 2.06. The molecular formula is C10H22N2O2. The number of aliphatic hydroxyl groups excluding tert-OH is 1. The zero-order valence-electron chi connectivity index (χ0n) is 9.15. The molecule has 0 bridgehead atoms. The minimum Gasteiger partial charge on any atom is -0.396 e. The second-order valence-electron chi connectivity index (χ2n) is 4.14. The van der Waals surface area contributed by atoms with Crippen molar-refractivity contribution >= 4 is 0 Å². The maximum atomic E-state index is 8.74. The van der Waals surface area contributed by atoms with E-state index in [4.69, 9.17) is 15.6 Å². The Balaban J connectivity index is 2.29. The summed E-state index contributed by atoms with van der Waals surface area (Å²) >= 11 is 0. The van der Waals surface area contributed by atoms with Crippen molar-refractivity contribution in [3.63, 3.8) is 0 Å². The van der Waals surface area contributed by atoms with Gasteiger partial charge in [0.15, 0.2) is 0 Å². The van der Waals surface area contributed by atoms with Crippen molar-refractivity contribution in [3.8, 4) is 0 Å². The Kier molecular flexibility index (Phi) is 4.81. The van der Waals surface area contributed by atoms with Gasteiger partial charge in [-0.3, -0.25) is 4.90 Å². The number of nitrogens with zero attached hydrogens (tertiary/aromatic N) is 1. The summed E-state index contributed by atoms with van der Waals surface area (Å²) in [7, 11) is 2.08. The Morgan fingerprint density at radius 2 is 2.36 bits per heavy atom. The van der Waals surface area contributed by atoms with Gasteiger partial charge in [-0.2, -0.15) is 0 Å². The smallest absolute Gasteiger partial charge is 0.0702 e. The van der Waals surface area contributed by atoms with Crippen molar-refractivity contribution in [1.29, 1.82) is 0 Å². The lowest BCUT2D eigenvalue weighted by molar-refractivity contribution is 0.0807. The highest BCUT2D eigenvalue weighted by Crippen LogP contribution is 2.18. The molecule has 1 heterocycles. The number of rotatable bonds is 5. The number of aliphatic hydroxyl groups is 1. The molecule has 0 saturated carbocycles. The molecule has 1 aliphatic heterocycles. The Hall–Kier alpha value is -0.160. The van der Waals surface area contributed by atoms with Gasteiger partial charge in [-0.05, 0) is 26.8 Å². The fraction of sp³-hybridized carbons (Fsp3) is 1.00. The largest absolute Gasteiger partial charge is 0.396 e. The zero-order chi connectivity index (χ0) is 10.6. The number of likely N-dealkylation sites (N-methyl/N-ethyl adjacent to an activating group) is 1. The number of hydrogen-bond acceptors (Lipinski definition) is 4. The molecule has 14 heavy (non-hydrogen) atoms. The second-order valence-corrected chi connectivity index (χ2v) is 4.14. The van der Waals surface area contributed by atoms with Crippen LogP contribution < -0.4 is 5.73 Å². The highest BCUT2D eigenvalue weighted by Gasteiger charge is 2.28. The van der Waals surface area contributed by atoms with E-state index in [1.54, 1.807) is 0 Å². The van der Waals surface area contributed by atoms with Crippen molar-refractivity contribution in [1.82, 2.24) is 4.90 Å². The van der Waals surface area contributed by atoms with Crippen LogP contribution in [0.3, 0.4) is 0 Å². The summed E-state index contributed by atoms with van der Waals surface area (Å²) in [4.78, 5) is 2.25. The first-order valence-corrected chi connectivity index (χ1v) is 5.33. The van der Waals surface area contributed by atoms with Crippen molar-refractivity contribution in [2.45, 2.75) is 38.0 Å². The van der Waals surface area contributed by atoms with Crippen LogP contribution in [0.1, 0.15) is 19.8 Å². The van der Waals surface area contributed by atoms with Crippen LogP contribution >= 0.6 is 0 Å². The first-order valence-electron chi connectivity index (χ1n) is 5.33. The summed E-state index contributed by atoms with van der Waals surface area (Å²) in [6, 6.07) is 0.553. The van der Waals surface area contributed by atoms with Gasteiger partial charge in [-0.1, -0.05) is 0 Å². The van der Waals surface area contributed by atoms with Crippen molar-refractivity contribution < 1.29 is 9.84 Å². The molecule has 0 aromatic heterocycles. The minimum atomic E-state index is 0.0674. The number of ether oxygens (including phenoxy) is 1. The minimum absolute atomic E-state index is 0.0674. The van der Waals surface area contributed by atoms with Gasteiger partial charge in [0.1, 0.15) is 0 Å². The normalized spacial score (nSPS) is 29.8. The van der Waals surface area contributed by atoms with Crippen molar-refractivity contribution in [3.05, 3.63) is 0 Å². The molecular weight excluding hydrogens is 180 g/mol. The molecule has 0 aromatic rings. The molecule has 0 spiro atoms. The van der Waals surface area contributed by atoms with Crippen LogP contribution in [0.15, 0.2) is 0 Å². The third-order valence-corrected chi connectivity index (χ3v) is 2.92. The van der Waals surface area contributed by atoms with Crippen LogP contribution in [0.25, 0.3) is 0 Å². The SMILES string of the molecule is CC1OCCC1N(C)CC(N)CCO. The van der Waals surface area contributed by atoms with Crippen LogP contribution in [0, 0.1) is 0 Å². The Bertz CT molecular complexity index is 166. The van der Waals surface area contributed by atoms with Crippen molar-refractivity contribution in [2.24, 2.45) is 5.73 Å². The van der Waals surface area contributed by atoms with Gasteiger partial charge in [-0.25, -0.2) is 0 Å². The average Bonchev–Trinajstić information content (AvgIpc) is 2.51. The van der Waals surface area contributed by atoms with Crippen LogP contribution in [0.4, 0.5) is 0 Å². The number of nitrogens with two attached hydrogens (primary N) is 1. The van der Waals surface area contributed by atoms with Gasteiger partial charge in [-0.15, -0.1) is 0 Å². The maximum Gasteiger partial charge on any atom is 0.0702 e. The van der Waals surface area contributed by atoms with E-state index in [1.807, 2.05) is 0 Å². The molecule has 3 unspecified atom stereocenters. The summed E-state index contributed by atoms with van der Waals surface area (Å²) in [5.41, 5.74) is 5.86. The topological polar surface area (TPSA) is 58.7 Å². The Labute approximate surface area is 86.0 Å². The quantitative estimate of drug-likeness (QED) is 0.648.